The molecule has 0 fully saturated rings. The van der Waals surface area contributed by atoms with E-state index in [4.69, 9.17) is 4.74 Å². The van der Waals surface area contributed by atoms with Crippen molar-refractivity contribution in [3.8, 4) is 5.75 Å². The second-order valence-corrected chi connectivity index (χ2v) is 7.28. The highest BCUT2D eigenvalue weighted by Crippen LogP contribution is 2.38. The molecule has 0 unspecified atom stereocenters. The normalized spacial score (nSPS) is 13.1. The third kappa shape index (κ3) is 2.97. The largest absolute Gasteiger partial charge is 1.00 e. The topological polar surface area (TPSA) is 66.3 Å². The number of carbonyl (C=O) groups excluding carboxylic acids is 2. The van der Waals surface area contributed by atoms with E-state index in [1.165, 1.54) is 4.90 Å². The maximum Gasteiger partial charge on any atom is 0.262 e. The summed E-state index contributed by atoms with van der Waals surface area (Å²) in [5.41, 5.74) is 3.69. The molecule has 7 heteroatoms. The van der Waals surface area contributed by atoms with Crippen LogP contribution in [0.2, 0.25) is 0 Å². The average molecular weight is 466 g/mol. The number of ether oxygens (including phenoxy) is 1. The van der Waals surface area contributed by atoms with Gasteiger partial charge in [-0.3, -0.25) is 14.5 Å². The first kappa shape index (κ1) is 20.1. The van der Waals surface area contributed by atoms with Crippen molar-refractivity contribution in [2.24, 2.45) is 0 Å². The van der Waals surface area contributed by atoms with Crippen LogP contribution >= 0.6 is 0 Å². The molecule has 4 aromatic rings. The van der Waals surface area contributed by atoms with Gasteiger partial charge in [0.1, 0.15) is 5.75 Å². The van der Waals surface area contributed by atoms with Gasteiger partial charge in [0.25, 0.3) is 11.8 Å². The van der Waals surface area contributed by atoms with Crippen LogP contribution in [0.3, 0.4) is 0 Å². The minimum atomic E-state index is -0.241. The number of carbonyl (C=O) groups is 2. The van der Waals surface area contributed by atoms with Crippen molar-refractivity contribution in [3.05, 3.63) is 71.5 Å². The second-order valence-electron chi connectivity index (χ2n) is 7.28. The molecule has 3 heterocycles. The Morgan fingerprint density at radius 2 is 1.83 bits per heavy atom. The summed E-state index contributed by atoms with van der Waals surface area (Å²) in [7, 11) is 1.61. The van der Waals surface area contributed by atoms with Crippen LogP contribution in [0.25, 0.3) is 21.8 Å². The average Bonchev–Trinajstić information content (AvgIpc) is 3.23. The van der Waals surface area contributed by atoms with E-state index in [2.05, 4.69) is 4.98 Å². The van der Waals surface area contributed by atoms with Crippen LogP contribution in [0.5, 0.6) is 5.75 Å². The fraction of sp³-hybridized carbons (Fsp3) is 0.174. The van der Waals surface area contributed by atoms with Gasteiger partial charge in [0.2, 0.25) is 0 Å². The third-order valence-electron chi connectivity index (χ3n) is 5.57. The van der Waals surface area contributed by atoms with Crippen LogP contribution in [0.1, 0.15) is 26.3 Å². The summed E-state index contributed by atoms with van der Waals surface area (Å²) < 4.78 is 7.33. The molecule has 0 aliphatic carbocycles. The van der Waals surface area contributed by atoms with Crippen molar-refractivity contribution < 1.29 is 35.9 Å². The summed E-state index contributed by atoms with van der Waals surface area (Å²) in [6.07, 6.45) is 3.85. The van der Waals surface area contributed by atoms with Gasteiger partial charge < -0.3 is 26.7 Å². The molecule has 0 bridgehead atoms. The molecule has 5 rings (SSSR count). The first-order valence-corrected chi connectivity index (χ1v) is 9.52. The molecule has 0 radical (unpaired) electrons. The number of aryl methyl sites for hydroxylation is 1. The predicted molar refractivity (Wildman–Crippen MR) is 109 cm³/mol. The summed E-state index contributed by atoms with van der Waals surface area (Å²) in [6.45, 7) is 2.83. The van der Waals surface area contributed by atoms with E-state index in [1.54, 1.807) is 7.11 Å². The minimum Gasteiger partial charge on any atom is -1.00 e. The van der Waals surface area contributed by atoms with Gasteiger partial charge in [0.15, 0.2) is 18.9 Å². The zero-order valence-electron chi connectivity index (χ0n) is 16.6. The summed E-state index contributed by atoms with van der Waals surface area (Å²) in [6, 6.07) is 13.3. The summed E-state index contributed by atoms with van der Waals surface area (Å²) in [5, 5.41) is 1.68. The Labute approximate surface area is 183 Å². The third-order valence-corrected chi connectivity index (χ3v) is 5.57. The van der Waals surface area contributed by atoms with Crippen molar-refractivity contribution in [2.45, 2.75) is 13.5 Å². The molecule has 1 N–H and O–H groups in total. The highest BCUT2D eigenvalue weighted by atomic mass is 79.9. The number of halogens is 1. The standard InChI is InChI=1S/C23H19N3O3.BrH/c1-14-12-17-20(19-16-13-15(29-2)6-7-18(16)24-21(14)19)23(28)26(22(17)27)11-10-25-8-4-3-5-9-25;/h3-9,12-13H,10-11H2,1-2H3;1H. The number of nitrogens with zero attached hydrogens (tertiary/aromatic N) is 2. The van der Waals surface area contributed by atoms with Gasteiger partial charge in [0.05, 0.1) is 30.3 Å². The Hall–Kier alpha value is -3.19. The zero-order valence-corrected chi connectivity index (χ0v) is 18.2. The first-order chi connectivity index (χ1) is 14.1. The number of rotatable bonds is 4. The molecule has 0 spiro atoms. The Balaban J connectivity index is 0.00000218. The number of imide groups is 1. The fourth-order valence-electron chi connectivity index (χ4n) is 4.11. The fourth-order valence-corrected chi connectivity index (χ4v) is 4.11. The van der Waals surface area contributed by atoms with E-state index in [9.17, 15) is 9.59 Å². The molecule has 2 amide bonds. The Morgan fingerprint density at radius 3 is 2.57 bits per heavy atom. The SMILES string of the molecule is COc1ccc2[nH]c3c(C)cc4c(c3c2c1)C(=O)N(CC[n+]1ccccc1)C4=O.[Br-]. The van der Waals surface area contributed by atoms with Crippen molar-refractivity contribution in [3.63, 3.8) is 0 Å². The number of fused-ring (bicyclic) bond motifs is 5. The van der Waals surface area contributed by atoms with E-state index < -0.39 is 0 Å². The van der Waals surface area contributed by atoms with Gasteiger partial charge in [-0.15, -0.1) is 0 Å². The summed E-state index contributed by atoms with van der Waals surface area (Å²) in [4.78, 5) is 31.1. The number of aromatic amines is 1. The number of methoxy groups -OCH3 is 1. The zero-order chi connectivity index (χ0) is 20.1. The van der Waals surface area contributed by atoms with E-state index in [1.807, 2.05) is 66.3 Å². The Bertz CT molecular complexity index is 1300. The Morgan fingerprint density at radius 1 is 1.07 bits per heavy atom. The molecule has 1 aliphatic heterocycles. The summed E-state index contributed by atoms with van der Waals surface area (Å²) in [5.74, 6) is 0.238. The molecular weight excluding hydrogens is 446 g/mol. The molecular formula is C23H20BrN3O3. The predicted octanol–water partition coefficient (Wildman–Crippen LogP) is 0.226. The van der Waals surface area contributed by atoms with E-state index >= 15 is 0 Å². The van der Waals surface area contributed by atoms with Crippen LogP contribution in [0, 0.1) is 6.92 Å². The number of aromatic nitrogens is 2. The highest BCUT2D eigenvalue weighted by molar-refractivity contribution is 6.30. The summed E-state index contributed by atoms with van der Waals surface area (Å²) >= 11 is 0. The van der Waals surface area contributed by atoms with Crippen molar-refractivity contribution in [1.82, 2.24) is 9.88 Å². The number of benzene rings is 2. The van der Waals surface area contributed by atoms with E-state index in [-0.39, 0.29) is 28.8 Å². The number of H-pyrrole nitrogens is 1. The quantitative estimate of drug-likeness (QED) is 0.346. The van der Waals surface area contributed by atoms with Crippen LogP contribution in [-0.4, -0.2) is 35.4 Å². The van der Waals surface area contributed by atoms with Crippen LogP contribution in [0.15, 0.2) is 54.9 Å². The Kier molecular flexibility index (Phi) is 5.07. The number of nitrogens with one attached hydrogen (secondary N) is 1. The maximum absolute atomic E-state index is 13.3. The lowest BCUT2D eigenvalue weighted by Crippen LogP contribution is -3.00. The molecule has 30 heavy (non-hydrogen) atoms. The van der Waals surface area contributed by atoms with Gasteiger partial charge >= 0.3 is 0 Å². The van der Waals surface area contributed by atoms with Gasteiger partial charge in [-0.1, -0.05) is 6.07 Å². The van der Waals surface area contributed by atoms with Gasteiger partial charge in [0, 0.05) is 28.4 Å². The lowest BCUT2D eigenvalue weighted by atomic mass is 9.99. The number of amides is 2. The van der Waals surface area contributed by atoms with Gasteiger partial charge in [-0.2, -0.15) is 0 Å². The van der Waals surface area contributed by atoms with Crippen LogP contribution in [0.4, 0.5) is 0 Å². The number of hydrogen-bond donors (Lipinski definition) is 1. The maximum atomic E-state index is 13.3. The molecule has 2 aromatic heterocycles. The second kappa shape index (κ2) is 7.57. The minimum absolute atomic E-state index is 0. The van der Waals surface area contributed by atoms with Crippen molar-refractivity contribution in [2.75, 3.05) is 13.7 Å². The van der Waals surface area contributed by atoms with Crippen LogP contribution < -0.4 is 26.3 Å². The van der Waals surface area contributed by atoms with Gasteiger partial charge in [-0.25, -0.2) is 4.57 Å². The van der Waals surface area contributed by atoms with Gasteiger partial charge in [-0.05, 0) is 36.8 Å². The van der Waals surface area contributed by atoms with Crippen molar-refractivity contribution in [1.29, 1.82) is 0 Å². The number of pyridine rings is 1. The molecule has 152 valence electrons. The molecule has 0 saturated carbocycles. The smallest absolute Gasteiger partial charge is 0.262 e. The lowest BCUT2D eigenvalue weighted by molar-refractivity contribution is -0.695. The van der Waals surface area contributed by atoms with Crippen LogP contribution in [-0.2, 0) is 6.54 Å². The van der Waals surface area contributed by atoms with E-state index in [0.29, 0.717) is 30.0 Å². The first-order valence-electron chi connectivity index (χ1n) is 9.52. The molecule has 1 aliphatic rings. The van der Waals surface area contributed by atoms with E-state index in [0.717, 1.165) is 27.4 Å². The molecule has 0 saturated heterocycles. The molecule has 0 atom stereocenters. The molecule has 2 aromatic carbocycles. The molecule has 6 nitrogen and oxygen atoms in total. The monoisotopic (exact) mass is 465 g/mol. The lowest BCUT2D eigenvalue weighted by Gasteiger charge is -2.11. The highest BCUT2D eigenvalue weighted by Gasteiger charge is 2.38. The number of hydrogen-bond acceptors (Lipinski definition) is 3. The van der Waals surface area contributed by atoms with Crippen molar-refractivity contribution >= 4 is 33.6 Å².